The Morgan fingerprint density at radius 2 is 2.11 bits per heavy atom. The van der Waals surface area contributed by atoms with E-state index in [0.29, 0.717) is 6.54 Å². The quantitative estimate of drug-likeness (QED) is 0.473. The molecular formula is C13H17ClN2O3. The number of halogens is 1. The van der Waals surface area contributed by atoms with E-state index in [1.54, 1.807) is 0 Å². The summed E-state index contributed by atoms with van der Waals surface area (Å²) in [6, 6.07) is 4.22. The van der Waals surface area contributed by atoms with Gasteiger partial charge in [-0.25, -0.2) is 0 Å². The molecule has 5 nitrogen and oxygen atoms in total. The van der Waals surface area contributed by atoms with E-state index in [1.807, 2.05) is 0 Å². The number of rotatable bonds is 7. The van der Waals surface area contributed by atoms with Gasteiger partial charge >= 0.3 is 0 Å². The monoisotopic (exact) mass is 284 g/mol. The number of carbonyl (C=O) groups is 1. The first-order chi connectivity index (χ1) is 9.07. The Kier molecular flexibility index (Phi) is 6.29. The van der Waals surface area contributed by atoms with Gasteiger partial charge < -0.3 is 5.32 Å². The number of carbonyl (C=O) groups excluding carboxylic acids is 1. The first-order valence-corrected chi connectivity index (χ1v) is 6.66. The molecule has 0 spiro atoms. The predicted molar refractivity (Wildman–Crippen MR) is 74.6 cm³/mol. The molecule has 1 aromatic rings. The van der Waals surface area contributed by atoms with Crippen LogP contribution in [0.1, 0.15) is 43.0 Å². The van der Waals surface area contributed by atoms with Gasteiger partial charge in [0.1, 0.15) is 5.02 Å². The van der Waals surface area contributed by atoms with Crippen molar-refractivity contribution in [2.24, 2.45) is 0 Å². The number of hydrogen-bond acceptors (Lipinski definition) is 3. The Bertz CT molecular complexity index is 463. The number of hydrogen-bond donors (Lipinski definition) is 1. The summed E-state index contributed by atoms with van der Waals surface area (Å²) in [5.74, 6) is -0.370. The zero-order chi connectivity index (χ0) is 14.3. The second kappa shape index (κ2) is 7.74. The topological polar surface area (TPSA) is 72.2 Å². The van der Waals surface area contributed by atoms with E-state index < -0.39 is 4.92 Å². The molecule has 1 N–H and O–H groups in total. The number of nitro groups is 1. The van der Waals surface area contributed by atoms with Crippen LogP contribution in [0.25, 0.3) is 0 Å². The minimum atomic E-state index is -0.597. The molecular weight excluding hydrogens is 268 g/mol. The Morgan fingerprint density at radius 3 is 2.74 bits per heavy atom. The SMILES string of the molecule is CCCCCCNC(=O)c1cccc([N+](=O)[O-])c1Cl. The summed E-state index contributed by atoms with van der Waals surface area (Å²) >= 11 is 5.86. The standard InChI is InChI=1S/C13H17ClN2O3/c1-2-3-4-5-9-15-13(17)10-7-6-8-11(12(10)14)16(18)19/h6-8H,2-5,9H2,1H3,(H,15,17). The fourth-order valence-electron chi connectivity index (χ4n) is 1.69. The highest BCUT2D eigenvalue weighted by Gasteiger charge is 2.19. The van der Waals surface area contributed by atoms with Crippen molar-refractivity contribution in [2.75, 3.05) is 6.54 Å². The van der Waals surface area contributed by atoms with Gasteiger partial charge in [0, 0.05) is 12.6 Å². The Hall–Kier alpha value is -1.62. The van der Waals surface area contributed by atoms with E-state index in [-0.39, 0.29) is 22.2 Å². The van der Waals surface area contributed by atoms with Crippen LogP contribution in [0.5, 0.6) is 0 Å². The van der Waals surface area contributed by atoms with Gasteiger partial charge in [-0.05, 0) is 12.5 Å². The molecule has 19 heavy (non-hydrogen) atoms. The highest BCUT2D eigenvalue weighted by Crippen LogP contribution is 2.27. The zero-order valence-corrected chi connectivity index (χ0v) is 11.6. The first-order valence-electron chi connectivity index (χ1n) is 6.29. The minimum absolute atomic E-state index is 0.112. The molecule has 0 saturated carbocycles. The van der Waals surface area contributed by atoms with E-state index in [4.69, 9.17) is 11.6 Å². The lowest BCUT2D eigenvalue weighted by Crippen LogP contribution is -2.24. The summed E-state index contributed by atoms with van der Waals surface area (Å²) < 4.78 is 0. The van der Waals surface area contributed by atoms with Gasteiger partial charge in [-0.3, -0.25) is 14.9 Å². The van der Waals surface area contributed by atoms with E-state index in [9.17, 15) is 14.9 Å². The number of nitro benzene ring substituents is 1. The van der Waals surface area contributed by atoms with Crippen LogP contribution in [0.2, 0.25) is 5.02 Å². The lowest BCUT2D eigenvalue weighted by Gasteiger charge is -2.06. The third kappa shape index (κ3) is 4.52. The van der Waals surface area contributed by atoms with Crippen LogP contribution in [0.3, 0.4) is 0 Å². The Labute approximate surface area is 117 Å². The molecule has 0 atom stereocenters. The lowest BCUT2D eigenvalue weighted by molar-refractivity contribution is -0.384. The smallest absolute Gasteiger partial charge is 0.288 e. The molecule has 0 aliphatic rings. The van der Waals surface area contributed by atoms with Gasteiger partial charge in [0.2, 0.25) is 0 Å². The van der Waals surface area contributed by atoms with Gasteiger partial charge in [0.05, 0.1) is 10.5 Å². The van der Waals surface area contributed by atoms with Crippen LogP contribution in [-0.2, 0) is 0 Å². The van der Waals surface area contributed by atoms with Gasteiger partial charge in [0.25, 0.3) is 11.6 Å². The zero-order valence-electron chi connectivity index (χ0n) is 10.8. The van der Waals surface area contributed by atoms with Crippen LogP contribution in [0, 0.1) is 10.1 Å². The van der Waals surface area contributed by atoms with Crippen LogP contribution in [0.4, 0.5) is 5.69 Å². The second-order valence-corrected chi connectivity index (χ2v) is 4.59. The van der Waals surface area contributed by atoms with Crippen molar-refractivity contribution in [1.29, 1.82) is 0 Å². The molecule has 0 fully saturated rings. The number of nitrogens with zero attached hydrogens (tertiary/aromatic N) is 1. The summed E-state index contributed by atoms with van der Waals surface area (Å²) in [7, 11) is 0. The van der Waals surface area contributed by atoms with Crippen molar-refractivity contribution in [2.45, 2.75) is 32.6 Å². The fraction of sp³-hybridized carbons (Fsp3) is 0.462. The molecule has 0 unspecified atom stereocenters. The number of nitrogens with one attached hydrogen (secondary N) is 1. The van der Waals surface area contributed by atoms with Gasteiger partial charge in [-0.15, -0.1) is 0 Å². The third-order valence-corrected chi connectivity index (χ3v) is 3.13. The van der Waals surface area contributed by atoms with Crippen molar-refractivity contribution in [3.05, 3.63) is 38.9 Å². The Morgan fingerprint density at radius 1 is 1.37 bits per heavy atom. The van der Waals surface area contributed by atoms with Crippen LogP contribution >= 0.6 is 11.6 Å². The predicted octanol–water partition coefficient (Wildman–Crippen LogP) is 3.56. The molecule has 0 aromatic heterocycles. The third-order valence-electron chi connectivity index (χ3n) is 2.74. The number of amides is 1. The molecule has 0 heterocycles. The highest BCUT2D eigenvalue weighted by atomic mass is 35.5. The Balaban J connectivity index is 2.62. The molecule has 0 aliphatic carbocycles. The summed E-state index contributed by atoms with van der Waals surface area (Å²) in [4.78, 5) is 22.0. The van der Waals surface area contributed by atoms with Crippen molar-refractivity contribution in [1.82, 2.24) is 5.32 Å². The summed E-state index contributed by atoms with van der Waals surface area (Å²) in [6.07, 6.45) is 4.21. The molecule has 0 aliphatic heterocycles. The number of benzene rings is 1. The summed E-state index contributed by atoms with van der Waals surface area (Å²) in [6.45, 7) is 2.67. The minimum Gasteiger partial charge on any atom is -0.352 e. The molecule has 1 aromatic carbocycles. The molecule has 0 saturated heterocycles. The molecule has 104 valence electrons. The lowest BCUT2D eigenvalue weighted by atomic mass is 10.1. The molecule has 0 radical (unpaired) electrons. The van der Waals surface area contributed by atoms with Gasteiger partial charge in [-0.1, -0.05) is 43.9 Å². The summed E-state index contributed by atoms with van der Waals surface area (Å²) in [5, 5.41) is 13.3. The van der Waals surface area contributed by atoms with Crippen LogP contribution < -0.4 is 5.32 Å². The molecule has 6 heteroatoms. The van der Waals surface area contributed by atoms with Crippen molar-refractivity contribution >= 4 is 23.2 Å². The molecule has 1 rings (SSSR count). The maximum absolute atomic E-state index is 11.9. The van der Waals surface area contributed by atoms with Crippen LogP contribution in [-0.4, -0.2) is 17.4 Å². The van der Waals surface area contributed by atoms with E-state index in [1.165, 1.54) is 18.2 Å². The average Bonchev–Trinajstić information content (AvgIpc) is 2.38. The second-order valence-electron chi connectivity index (χ2n) is 4.21. The molecule has 1 amide bonds. The van der Waals surface area contributed by atoms with E-state index in [2.05, 4.69) is 12.2 Å². The first kappa shape index (κ1) is 15.4. The fourth-order valence-corrected chi connectivity index (χ4v) is 1.97. The van der Waals surface area contributed by atoms with Gasteiger partial charge in [-0.2, -0.15) is 0 Å². The summed E-state index contributed by atoms with van der Waals surface area (Å²) in [5.41, 5.74) is -0.105. The largest absolute Gasteiger partial charge is 0.352 e. The van der Waals surface area contributed by atoms with Crippen molar-refractivity contribution in [3.8, 4) is 0 Å². The maximum Gasteiger partial charge on any atom is 0.288 e. The van der Waals surface area contributed by atoms with E-state index >= 15 is 0 Å². The maximum atomic E-state index is 11.9. The van der Waals surface area contributed by atoms with Crippen LogP contribution in [0.15, 0.2) is 18.2 Å². The average molecular weight is 285 g/mol. The normalized spacial score (nSPS) is 10.2. The van der Waals surface area contributed by atoms with Crippen molar-refractivity contribution in [3.63, 3.8) is 0 Å². The molecule has 0 bridgehead atoms. The number of unbranched alkanes of at least 4 members (excludes halogenated alkanes) is 3. The van der Waals surface area contributed by atoms with E-state index in [0.717, 1.165) is 25.7 Å². The van der Waals surface area contributed by atoms with Crippen molar-refractivity contribution < 1.29 is 9.72 Å². The highest BCUT2D eigenvalue weighted by molar-refractivity contribution is 6.35. The van der Waals surface area contributed by atoms with Gasteiger partial charge in [0.15, 0.2) is 0 Å².